The van der Waals surface area contributed by atoms with Crippen molar-refractivity contribution in [3.05, 3.63) is 23.8 Å². The van der Waals surface area contributed by atoms with Crippen molar-refractivity contribution in [2.24, 2.45) is 11.8 Å². The Morgan fingerprint density at radius 3 is 2.39 bits per heavy atom. The first-order valence-corrected chi connectivity index (χ1v) is 8.71. The van der Waals surface area contributed by atoms with Gasteiger partial charge >= 0.3 is 0 Å². The lowest BCUT2D eigenvalue weighted by Gasteiger charge is -2.60. The summed E-state index contributed by atoms with van der Waals surface area (Å²) in [6.07, 6.45) is 6.72. The number of methoxy groups -OCH3 is 2. The molecule has 4 aliphatic carbocycles. The van der Waals surface area contributed by atoms with E-state index in [1.165, 1.54) is 24.8 Å². The largest absolute Gasteiger partial charge is 0.493 e. The highest BCUT2D eigenvalue weighted by Crippen LogP contribution is 2.57. The molecular formula is C19H27NO3. The van der Waals surface area contributed by atoms with Crippen LogP contribution < -0.4 is 14.8 Å². The third kappa shape index (κ3) is 2.72. The molecule has 0 radical (unpaired) electrons. The molecule has 0 spiro atoms. The lowest BCUT2D eigenvalue weighted by Crippen LogP contribution is -2.64. The zero-order valence-corrected chi connectivity index (χ0v) is 14.1. The SMILES string of the molecule is COc1ccc(CNC23C[C@H]4C[C@@H](CC(O)(C4)C2)C3)cc1OC. The molecule has 2 N–H and O–H groups in total. The second-order valence-electron chi connectivity index (χ2n) is 8.01. The van der Waals surface area contributed by atoms with Crippen LogP contribution in [-0.4, -0.2) is 30.5 Å². The highest BCUT2D eigenvalue weighted by Gasteiger charge is 2.56. The zero-order valence-electron chi connectivity index (χ0n) is 14.1. The van der Waals surface area contributed by atoms with E-state index in [0.717, 1.165) is 37.3 Å². The molecule has 1 aromatic carbocycles. The van der Waals surface area contributed by atoms with Gasteiger partial charge < -0.3 is 19.9 Å². The van der Waals surface area contributed by atoms with E-state index in [2.05, 4.69) is 11.4 Å². The van der Waals surface area contributed by atoms with Gasteiger partial charge in [-0.3, -0.25) is 0 Å². The Hall–Kier alpha value is -1.26. The topological polar surface area (TPSA) is 50.7 Å². The molecule has 4 fully saturated rings. The Morgan fingerprint density at radius 2 is 1.78 bits per heavy atom. The number of ether oxygens (including phenoxy) is 2. The Balaban J connectivity index is 1.49. The monoisotopic (exact) mass is 317 g/mol. The lowest BCUT2D eigenvalue weighted by molar-refractivity contribution is -0.142. The fourth-order valence-electron chi connectivity index (χ4n) is 5.70. The maximum absolute atomic E-state index is 10.8. The zero-order chi connectivity index (χ0) is 16.1. The van der Waals surface area contributed by atoms with E-state index >= 15 is 0 Å². The number of benzene rings is 1. The van der Waals surface area contributed by atoms with Gasteiger partial charge in [0.05, 0.1) is 19.8 Å². The molecule has 0 saturated heterocycles. The van der Waals surface area contributed by atoms with Crippen LogP contribution in [0.25, 0.3) is 0 Å². The van der Waals surface area contributed by atoms with Crippen LogP contribution in [0.1, 0.15) is 44.1 Å². The number of nitrogens with one attached hydrogen (secondary N) is 1. The van der Waals surface area contributed by atoms with Crippen LogP contribution in [0.5, 0.6) is 11.5 Å². The van der Waals surface area contributed by atoms with E-state index in [-0.39, 0.29) is 5.54 Å². The summed E-state index contributed by atoms with van der Waals surface area (Å²) in [5, 5.41) is 14.6. The summed E-state index contributed by atoms with van der Waals surface area (Å²) < 4.78 is 10.7. The summed E-state index contributed by atoms with van der Waals surface area (Å²) in [5.41, 5.74) is 0.922. The molecule has 5 rings (SSSR count). The molecule has 23 heavy (non-hydrogen) atoms. The van der Waals surface area contributed by atoms with Gasteiger partial charge in [0.25, 0.3) is 0 Å². The molecule has 0 amide bonds. The van der Waals surface area contributed by atoms with E-state index < -0.39 is 5.60 Å². The first kappa shape index (κ1) is 15.3. The normalized spacial score (nSPS) is 37.9. The first-order valence-electron chi connectivity index (χ1n) is 8.71. The summed E-state index contributed by atoms with van der Waals surface area (Å²) in [7, 11) is 3.33. The molecule has 0 aliphatic heterocycles. The molecule has 0 aromatic heterocycles. The number of hydrogen-bond acceptors (Lipinski definition) is 4. The molecule has 4 nitrogen and oxygen atoms in total. The van der Waals surface area contributed by atoms with Gasteiger partial charge in [0.2, 0.25) is 0 Å². The van der Waals surface area contributed by atoms with Gasteiger partial charge in [-0.05, 0) is 68.1 Å². The van der Waals surface area contributed by atoms with Crippen molar-refractivity contribution in [3.63, 3.8) is 0 Å². The molecule has 4 saturated carbocycles. The minimum Gasteiger partial charge on any atom is -0.493 e. The van der Waals surface area contributed by atoms with Crippen molar-refractivity contribution in [2.45, 2.75) is 56.2 Å². The van der Waals surface area contributed by atoms with E-state index in [1.54, 1.807) is 14.2 Å². The Bertz CT molecular complexity index is 586. The van der Waals surface area contributed by atoms with Crippen LogP contribution in [0.4, 0.5) is 0 Å². The highest BCUT2D eigenvalue weighted by atomic mass is 16.5. The quantitative estimate of drug-likeness (QED) is 0.877. The Labute approximate surface area is 138 Å². The summed E-state index contributed by atoms with van der Waals surface area (Å²) in [5.74, 6) is 2.95. The highest BCUT2D eigenvalue weighted by molar-refractivity contribution is 5.42. The van der Waals surface area contributed by atoms with Gasteiger partial charge in [-0.25, -0.2) is 0 Å². The van der Waals surface area contributed by atoms with Crippen LogP contribution in [0.15, 0.2) is 18.2 Å². The molecule has 4 heteroatoms. The molecule has 4 aliphatic rings. The van der Waals surface area contributed by atoms with E-state index in [0.29, 0.717) is 11.8 Å². The van der Waals surface area contributed by atoms with Crippen LogP contribution in [-0.2, 0) is 6.54 Å². The fourth-order valence-corrected chi connectivity index (χ4v) is 5.70. The molecule has 1 aromatic rings. The molecule has 2 atom stereocenters. The predicted octanol–water partition coefficient (Wildman–Crippen LogP) is 2.88. The van der Waals surface area contributed by atoms with Gasteiger partial charge in [0, 0.05) is 12.1 Å². The summed E-state index contributed by atoms with van der Waals surface area (Å²) in [4.78, 5) is 0. The third-order valence-electron chi connectivity index (χ3n) is 6.15. The van der Waals surface area contributed by atoms with Gasteiger partial charge in [0.15, 0.2) is 11.5 Å². The summed E-state index contributed by atoms with van der Waals surface area (Å²) in [6.45, 7) is 0.815. The van der Waals surface area contributed by atoms with Gasteiger partial charge in [0.1, 0.15) is 0 Å². The lowest BCUT2D eigenvalue weighted by atomic mass is 9.51. The van der Waals surface area contributed by atoms with Gasteiger partial charge in [-0.2, -0.15) is 0 Å². The van der Waals surface area contributed by atoms with Crippen molar-refractivity contribution < 1.29 is 14.6 Å². The van der Waals surface area contributed by atoms with Crippen molar-refractivity contribution >= 4 is 0 Å². The second kappa shape index (κ2) is 5.38. The van der Waals surface area contributed by atoms with Gasteiger partial charge in [-0.15, -0.1) is 0 Å². The van der Waals surface area contributed by atoms with E-state index in [4.69, 9.17) is 9.47 Å². The average Bonchev–Trinajstić information content (AvgIpc) is 2.50. The standard InChI is InChI=1S/C19H27NO3/c1-22-16-4-3-13(6-17(16)23-2)11-20-18-7-14-5-15(8-18)10-19(21,9-14)12-18/h3-4,6,14-15,20-21H,5,7-12H2,1-2H3/t14-,15-,18?,19?/m1/s1. The van der Waals surface area contributed by atoms with Crippen molar-refractivity contribution in [1.29, 1.82) is 0 Å². The maximum Gasteiger partial charge on any atom is 0.161 e. The first-order chi connectivity index (χ1) is 11.0. The average molecular weight is 317 g/mol. The molecule has 0 unspecified atom stereocenters. The number of aliphatic hydroxyl groups is 1. The van der Waals surface area contributed by atoms with E-state index in [1.807, 2.05) is 12.1 Å². The predicted molar refractivity (Wildman–Crippen MR) is 88.7 cm³/mol. The Morgan fingerprint density at radius 1 is 1.09 bits per heavy atom. The van der Waals surface area contributed by atoms with Crippen molar-refractivity contribution in [3.8, 4) is 11.5 Å². The molecular weight excluding hydrogens is 290 g/mol. The smallest absolute Gasteiger partial charge is 0.161 e. The van der Waals surface area contributed by atoms with Crippen molar-refractivity contribution in [2.75, 3.05) is 14.2 Å². The Kier molecular flexibility index (Phi) is 3.58. The third-order valence-corrected chi connectivity index (χ3v) is 6.15. The number of hydrogen-bond donors (Lipinski definition) is 2. The van der Waals surface area contributed by atoms with Gasteiger partial charge in [-0.1, -0.05) is 6.07 Å². The maximum atomic E-state index is 10.8. The second-order valence-corrected chi connectivity index (χ2v) is 8.01. The van der Waals surface area contributed by atoms with Crippen LogP contribution in [0.2, 0.25) is 0 Å². The minimum absolute atomic E-state index is 0.131. The summed E-state index contributed by atoms with van der Waals surface area (Å²) >= 11 is 0. The number of rotatable bonds is 5. The van der Waals surface area contributed by atoms with Crippen LogP contribution >= 0.6 is 0 Å². The minimum atomic E-state index is -0.408. The van der Waals surface area contributed by atoms with Crippen molar-refractivity contribution in [1.82, 2.24) is 5.32 Å². The molecule has 0 heterocycles. The molecule has 4 bridgehead atoms. The van der Waals surface area contributed by atoms with E-state index in [9.17, 15) is 5.11 Å². The van der Waals surface area contributed by atoms with Crippen LogP contribution in [0, 0.1) is 11.8 Å². The fraction of sp³-hybridized carbons (Fsp3) is 0.684. The molecule has 126 valence electrons. The summed E-state index contributed by atoms with van der Waals surface area (Å²) in [6, 6.07) is 6.09. The van der Waals surface area contributed by atoms with Crippen LogP contribution in [0.3, 0.4) is 0 Å².